The van der Waals surface area contributed by atoms with E-state index in [0.29, 0.717) is 16.8 Å². The lowest BCUT2D eigenvalue weighted by Gasteiger charge is -2.38. The maximum absolute atomic E-state index is 15.2. The molecule has 0 radical (unpaired) electrons. The fraction of sp³-hybridized carbons (Fsp3) is 0.0625. The standard InChI is InChI=1S/C32H25ClFN3O/c33-30-19-22(16-17-36-30)31(35)27-18-23(21-38)28(34)20-29(27)37-32(24-10-4-1-5-11-24,25-12-6-2-7-13-25)26-14-8-3-9-15-26/h1-20,35,37-38H,21H2. The topological polar surface area (TPSA) is 69.0 Å². The zero-order valence-corrected chi connectivity index (χ0v) is 21.2. The molecule has 0 atom stereocenters. The highest BCUT2D eigenvalue weighted by atomic mass is 35.5. The van der Waals surface area contributed by atoms with Crippen LogP contribution in [0.15, 0.2) is 121 Å². The number of aliphatic hydroxyl groups is 1. The first-order chi connectivity index (χ1) is 18.5. The van der Waals surface area contributed by atoms with E-state index in [-0.39, 0.29) is 16.4 Å². The summed E-state index contributed by atoms with van der Waals surface area (Å²) >= 11 is 6.12. The molecule has 4 nitrogen and oxygen atoms in total. The van der Waals surface area contributed by atoms with Gasteiger partial charge in [-0.1, -0.05) is 103 Å². The average molecular weight is 522 g/mol. The zero-order chi connectivity index (χ0) is 26.5. The molecule has 0 aliphatic rings. The van der Waals surface area contributed by atoms with Crippen molar-refractivity contribution in [2.45, 2.75) is 12.1 Å². The molecule has 0 aliphatic heterocycles. The van der Waals surface area contributed by atoms with Crippen molar-refractivity contribution in [1.82, 2.24) is 4.98 Å². The highest BCUT2D eigenvalue weighted by Crippen LogP contribution is 2.41. The zero-order valence-electron chi connectivity index (χ0n) is 20.4. The van der Waals surface area contributed by atoms with Gasteiger partial charge in [0.15, 0.2) is 0 Å². The minimum absolute atomic E-state index is 0.0974. The second kappa shape index (κ2) is 11.0. The van der Waals surface area contributed by atoms with Gasteiger partial charge in [0.2, 0.25) is 0 Å². The molecule has 188 valence electrons. The first-order valence-corrected chi connectivity index (χ1v) is 12.5. The van der Waals surface area contributed by atoms with E-state index >= 15 is 4.39 Å². The Morgan fingerprint density at radius 1 is 0.816 bits per heavy atom. The number of halogens is 2. The lowest BCUT2D eigenvalue weighted by atomic mass is 9.76. The maximum atomic E-state index is 15.2. The molecule has 0 aliphatic carbocycles. The summed E-state index contributed by atoms with van der Waals surface area (Å²) in [4.78, 5) is 4.02. The number of pyridine rings is 1. The second-order valence-electron chi connectivity index (χ2n) is 8.86. The monoisotopic (exact) mass is 521 g/mol. The number of hydrogen-bond donors (Lipinski definition) is 3. The summed E-state index contributed by atoms with van der Waals surface area (Å²) in [6.45, 7) is -0.495. The number of benzene rings is 4. The van der Waals surface area contributed by atoms with Crippen molar-refractivity contribution < 1.29 is 9.50 Å². The van der Waals surface area contributed by atoms with Crippen LogP contribution in [0.1, 0.15) is 33.4 Å². The minimum Gasteiger partial charge on any atom is -0.392 e. The summed E-state index contributed by atoms with van der Waals surface area (Å²) in [6.07, 6.45) is 1.53. The summed E-state index contributed by atoms with van der Waals surface area (Å²) in [5.74, 6) is -0.567. The third kappa shape index (κ3) is 4.82. The van der Waals surface area contributed by atoms with Crippen LogP contribution >= 0.6 is 11.6 Å². The molecule has 0 spiro atoms. The molecule has 0 saturated heterocycles. The Morgan fingerprint density at radius 2 is 1.34 bits per heavy atom. The fourth-order valence-electron chi connectivity index (χ4n) is 4.75. The molecule has 0 amide bonds. The predicted octanol–water partition coefficient (Wildman–Crippen LogP) is 7.19. The van der Waals surface area contributed by atoms with E-state index in [4.69, 9.17) is 17.0 Å². The Bertz CT molecular complexity index is 1460. The molecule has 38 heavy (non-hydrogen) atoms. The van der Waals surface area contributed by atoms with E-state index in [0.717, 1.165) is 16.7 Å². The maximum Gasteiger partial charge on any atom is 0.130 e. The lowest BCUT2D eigenvalue weighted by molar-refractivity contribution is 0.276. The van der Waals surface area contributed by atoms with E-state index in [1.165, 1.54) is 18.3 Å². The average Bonchev–Trinajstić information content (AvgIpc) is 2.97. The molecular weight excluding hydrogens is 497 g/mol. The Hall–Kier alpha value is -4.32. The lowest BCUT2D eigenvalue weighted by Crippen LogP contribution is -2.38. The molecule has 0 fully saturated rings. The van der Waals surface area contributed by atoms with Gasteiger partial charge in [0.1, 0.15) is 16.5 Å². The van der Waals surface area contributed by atoms with Gasteiger partial charge < -0.3 is 10.4 Å². The van der Waals surface area contributed by atoms with E-state index in [1.807, 2.05) is 91.0 Å². The fourth-order valence-corrected chi connectivity index (χ4v) is 4.92. The Kier molecular flexibility index (Phi) is 7.31. The molecule has 3 N–H and O–H groups in total. The minimum atomic E-state index is -0.929. The van der Waals surface area contributed by atoms with Crippen molar-refractivity contribution >= 4 is 23.0 Å². The molecule has 1 heterocycles. The van der Waals surface area contributed by atoms with Crippen LogP contribution in [0.4, 0.5) is 10.1 Å². The van der Waals surface area contributed by atoms with Crippen molar-refractivity contribution in [1.29, 1.82) is 5.41 Å². The summed E-state index contributed by atoms with van der Waals surface area (Å²) in [7, 11) is 0. The van der Waals surface area contributed by atoms with Crippen LogP contribution in [-0.4, -0.2) is 15.8 Å². The van der Waals surface area contributed by atoms with Gasteiger partial charge in [0.05, 0.1) is 12.3 Å². The first kappa shape index (κ1) is 25.3. The quantitative estimate of drug-likeness (QED) is 0.115. The predicted molar refractivity (Wildman–Crippen MR) is 150 cm³/mol. The van der Waals surface area contributed by atoms with E-state index in [1.54, 1.807) is 12.1 Å². The van der Waals surface area contributed by atoms with E-state index in [9.17, 15) is 5.11 Å². The summed E-state index contributed by atoms with van der Waals surface area (Å²) in [6, 6.07) is 36.0. The van der Waals surface area contributed by atoms with Crippen LogP contribution in [0.5, 0.6) is 0 Å². The highest BCUT2D eigenvalue weighted by molar-refractivity contribution is 6.30. The molecule has 0 bridgehead atoms. The largest absolute Gasteiger partial charge is 0.392 e. The van der Waals surface area contributed by atoms with Crippen LogP contribution in [0.3, 0.4) is 0 Å². The molecule has 0 unspecified atom stereocenters. The van der Waals surface area contributed by atoms with Crippen molar-refractivity contribution in [2.75, 3.05) is 5.32 Å². The molecule has 4 aromatic carbocycles. The first-order valence-electron chi connectivity index (χ1n) is 12.1. The van der Waals surface area contributed by atoms with Crippen LogP contribution in [-0.2, 0) is 12.1 Å². The summed E-state index contributed by atoms with van der Waals surface area (Å²) in [5.41, 5.74) is 3.44. The van der Waals surface area contributed by atoms with Gasteiger partial charge in [-0.3, -0.25) is 5.41 Å². The SMILES string of the molecule is N=C(c1ccnc(Cl)c1)c1cc(CO)c(F)cc1NC(c1ccccc1)(c1ccccc1)c1ccccc1. The van der Waals surface area contributed by atoms with E-state index < -0.39 is 18.0 Å². The number of aliphatic hydroxyl groups excluding tert-OH is 1. The van der Waals surface area contributed by atoms with Gasteiger partial charge in [-0.25, -0.2) is 9.37 Å². The normalized spacial score (nSPS) is 11.2. The van der Waals surface area contributed by atoms with Crippen LogP contribution in [0.2, 0.25) is 5.15 Å². The van der Waals surface area contributed by atoms with Crippen molar-refractivity contribution in [3.05, 3.63) is 166 Å². The van der Waals surface area contributed by atoms with Gasteiger partial charge in [0, 0.05) is 28.6 Å². The number of anilines is 1. The second-order valence-corrected chi connectivity index (χ2v) is 9.25. The van der Waals surface area contributed by atoms with Crippen LogP contribution < -0.4 is 5.32 Å². The number of hydrogen-bond acceptors (Lipinski definition) is 4. The van der Waals surface area contributed by atoms with Gasteiger partial charge in [-0.05, 0) is 41.0 Å². The molecule has 6 heteroatoms. The Morgan fingerprint density at radius 3 is 1.82 bits per heavy atom. The summed E-state index contributed by atoms with van der Waals surface area (Å²) in [5, 5.41) is 22.8. The Labute approximate surface area is 225 Å². The van der Waals surface area contributed by atoms with Gasteiger partial charge in [-0.15, -0.1) is 0 Å². The van der Waals surface area contributed by atoms with Crippen molar-refractivity contribution in [2.24, 2.45) is 0 Å². The van der Waals surface area contributed by atoms with Gasteiger partial charge in [-0.2, -0.15) is 0 Å². The number of rotatable bonds is 8. The highest BCUT2D eigenvalue weighted by Gasteiger charge is 2.37. The molecule has 5 rings (SSSR count). The number of nitrogens with one attached hydrogen (secondary N) is 2. The number of aromatic nitrogens is 1. The molecule has 1 aromatic heterocycles. The molecule has 5 aromatic rings. The third-order valence-electron chi connectivity index (χ3n) is 6.58. The number of nitrogens with zero attached hydrogens (tertiary/aromatic N) is 1. The smallest absolute Gasteiger partial charge is 0.130 e. The van der Waals surface area contributed by atoms with Crippen molar-refractivity contribution in [3.63, 3.8) is 0 Å². The Balaban J connectivity index is 1.79. The van der Waals surface area contributed by atoms with Crippen LogP contribution in [0.25, 0.3) is 0 Å². The van der Waals surface area contributed by atoms with Gasteiger partial charge >= 0.3 is 0 Å². The molecular formula is C32H25ClFN3O. The van der Waals surface area contributed by atoms with E-state index in [2.05, 4.69) is 10.3 Å². The van der Waals surface area contributed by atoms with Crippen LogP contribution in [0, 0.1) is 11.2 Å². The third-order valence-corrected chi connectivity index (χ3v) is 6.79. The summed E-state index contributed by atoms with van der Waals surface area (Å²) < 4.78 is 15.2. The van der Waals surface area contributed by atoms with Gasteiger partial charge in [0.25, 0.3) is 0 Å². The van der Waals surface area contributed by atoms with Crippen molar-refractivity contribution in [3.8, 4) is 0 Å². The molecule has 0 saturated carbocycles.